The molecule has 2 fully saturated rings. The van der Waals surface area contributed by atoms with E-state index in [4.69, 9.17) is 9.84 Å². The van der Waals surface area contributed by atoms with Crippen molar-refractivity contribution in [1.82, 2.24) is 10.2 Å². The fraction of sp³-hybridized carbons (Fsp3) is 0.889. The molecule has 2 aliphatic heterocycles. The third-order valence-corrected chi connectivity index (χ3v) is 2.75. The van der Waals surface area contributed by atoms with Gasteiger partial charge in [0.05, 0.1) is 13.2 Å². The number of amides is 1. The predicted octanol–water partition coefficient (Wildman–Crippen LogP) is -1.57. The van der Waals surface area contributed by atoms with Crippen molar-refractivity contribution in [3.8, 4) is 0 Å². The minimum absolute atomic E-state index is 0.106. The summed E-state index contributed by atoms with van der Waals surface area (Å²) in [5, 5.41) is 11.9. The minimum atomic E-state index is -0.177. The summed E-state index contributed by atoms with van der Waals surface area (Å²) in [5.74, 6) is 0.387. The highest BCUT2D eigenvalue weighted by Crippen LogP contribution is 2.16. The predicted molar refractivity (Wildman–Crippen MR) is 49.8 cm³/mol. The van der Waals surface area contributed by atoms with Crippen molar-refractivity contribution in [1.29, 1.82) is 0 Å². The number of nitrogens with zero attached hydrogens (tertiary/aromatic N) is 1. The highest BCUT2D eigenvalue weighted by Gasteiger charge is 2.34. The Hall–Kier alpha value is -0.650. The Morgan fingerprint density at radius 3 is 2.93 bits per heavy atom. The molecule has 2 N–H and O–H groups in total. The smallest absolute Gasteiger partial charge is 0.242 e. The number of carbonyl (C=O) groups excluding carboxylic acids is 1. The average molecular weight is 200 g/mol. The van der Waals surface area contributed by atoms with Crippen molar-refractivity contribution in [2.75, 3.05) is 39.5 Å². The summed E-state index contributed by atoms with van der Waals surface area (Å²) < 4.78 is 5.22. The first-order chi connectivity index (χ1) is 6.81. The van der Waals surface area contributed by atoms with E-state index in [2.05, 4.69) is 5.32 Å². The van der Waals surface area contributed by atoms with E-state index in [1.807, 2.05) is 0 Å². The fourth-order valence-corrected chi connectivity index (χ4v) is 1.81. The molecule has 0 aromatic heterocycles. The molecular weight excluding hydrogens is 184 g/mol. The van der Waals surface area contributed by atoms with Crippen LogP contribution in [0.15, 0.2) is 0 Å². The first-order valence-electron chi connectivity index (χ1n) is 5.02. The van der Waals surface area contributed by atoms with Gasteiger partial charge in [-0.15, -0.1) is 0 Å². The quantitative estimate of drug-likeness (QED) is 0.565. The molecule has 2 aliphatic rings. The van der Waals surface area contributed by atoms with Crippen LogP contribution in [0.4, 0.5) is 0 Å². The summed E-state index contributed by atoms with van der Waals surface area (Å²) in [4.78, 5) is 13.5. The molecule has 5 nitrogen and oxygen atoms in total. The maximum Gasteiger partial charge on any atom is 0.242 e. The Labute approximate surface area is 83.0 Å². The summed E-state index contributed by atoms with van der Waals surface area (Å²) in [5.41, 5.74) is 0. The second kappa shape index (κ2) is 4.25. The summed E-state index contributed by atoms with van der Waals surface area (Å²) >= 11 is 0. The van der Waals surface area contributed by atoms with Crippen LogP contribution in [0.1, 0.15) is 0 Å². The van der Waals surface area contributed by atoms with Gasteiger partial charge in [-0.3, -0.25) is 4.79 Å². The van der Waals surface area contributed by atoms with Crippen LogP contribution in [-0.4, -0.2) is 61.4 Å². The van der Waals surface area contributed by atoms with Crippen molar-refractivity contribution in [3.63, 3.8) is 0 Å². The Morgan fingerprint density at radius 2 is 2.36 bits per heavy atom. The van der Waals surface area contributed by atoms with E-state index in [1.165, 1.54) is 0 Å². The Kier molecular flexibility index (Phi) is 3.00. The SMILES string of the molecule is O=C(C1COCCN1)N1CC(CO)C1. The second-order valence-electron chi connectivity index (χ2n) is 3.87. The van der Waals surface area contributed by atoms with Crippen molar-refractivity contribution >= 4 is 5.91 Å². The van der Waals surface area contributed by atoms with Gasteiger partial charge in [-0.05, 0) is 0 Å². The van der Waals surface area contributed by atoms with E-state index >= 15 is 0 Å². The topological polar surface area (TPSA) is 61.8 Å². The van der Waals surface area contributed by atoms with Crippen molar-refractivity contribution in [2.24, 2.45) is 5.92 Å². The zero-order chi connectivity index (χ0) is 9.97. The molecule has 0 bridgehead atoms. The van der Waals surface area contributed by atoms with Gasteiger partial charge in [-0.2, -0.15) is 0 Å². The maximum atomic E-state index is 11.7. The average Bonchev–Trinajstić information content (AvgIpc) is 2.17. The van der Waals surface area contributed by atoms with Crippen LogP contribution in [0, 0.1) is 5.92 Å². The van der Waals surface area contributed by atoms with Gasteiger partial charge >= 0.3 is 0 Å². The summed E-state index contributed by atoms with van der Waals surface area (Å²) in [6.07, 6.45) is 0. The Morgan fingerprint density at radius 1 is 1.57 bits per heavy atom. The molecular formula is C9H16N2O3. The first-order valence-corrected chi connectivity index (χ1v) is 5.02. The van der Waals surface area contributed by atoms with E-state index in [1.54, 1.807) is 4.90 Å². The third kappa shape index (κ3) is 1.89. The number of aliphatic hydroxyl groups excluding tert-OH is 1. The van der Waals surface area contributed by atoms with Crippen LogP contribution < -0.4 is 5.32 Å². The van der Waals surface area contributed by atoms with Crippen LogP contribution in [0.25, 0.3) is 0 Å². The van der Waals surface area contributed by atoms with Gasteiger partial charge in [0, 0.05) is 32.2 Å². The molecule has 2 rings (SSSR count). The molecule has 1 unspecified atom stereocenters. The molecule has 0 aromatic carbocycles. The molecule has 0 spiro atoms. The molecule has 0 aliphatic carbocycles. The monoisotopic (exact) mass is 200 g/mol. The second-order valence-corrected chi connectivity index (χ2v) is 3.87. The number of nitrogens with one attached hydrogen (secondary N) is 1. The van der Waals surface area contributed by atoms with Crippen LogP contribution in [0.3, 0.4) is 0 Å². The number of carbonyl (C=O) groups is 1. The molecule has 80 valence electrons. The molecule has 0 saturated carbocycles. The zero-order valence-electron chi connectivity index (χ0n) is 8.11. The molecule has 14 heavy (non-hydrogen) atoms. The number of morpholine rings is 1. The highest BCUT2D eigenvalue weighted by molar-refractivity contribution is 5.82. The van der Waals surface area contributed by atoms with Gasteiger partial charge in [-0.1, -0.05) is 0 Å². The molecule has 0 aromatic rings. The number of aliphatic hydroxyl groups is 1. The zero-order valence-corrected chi connectivity index (χ0v) is 8.11. The van der Waals surface area contributed by atoms with E-state index in [-0.39, 0.29) is 24.5 Å². The molecule has 1 atom stereocenters. The van der Waals surface area contributed by atoms with E-state index < -0.39 is 0 Å². The normalized spacial score (nSPS) is 28.6. The minimum Gasteiger partial charge on any atom is -0.396 e. The molecule has 2 saturated heterocycles. The van der Waals surface area contributed by atoms with E-state index in [0.29, 0.717) is 26.3 Å². The lowest BCUT2D eigenvalue weighted by Crippen LogP contribution is -2.59. The van der Waals surface area contributed by atoms with Gasteiger partial charge in [0.2, 0.25) is 5.91 Å². The summed E-state index contributed by atoms with van der Waals surface area (Å²) in [7, 11) is 0. The number of hydrogen-bond acceptors (Lipinski definition) is 4. The van der Waals surface area contributed by atoms with E-state index in [9.17, 15) is 4.79 Å². The number of likely N-dealkylation sites (tertiary alicyclic amines) is 1. The van der Waals surface area contributed by atoms with Crippen molar-refractivity contribution < 1.29 is 14.6 Å². The molecule has 1 amide bonds. The lowest BCUT2D eigenvalue weighted by Gasteiger charge is -2.40. The number of hydrogen-bond donors (Lipinski definition) is 2. The summed E-state index contributed by atoms with van der Waals surface area (Å²) in [6.45, 7) is 3.45. The van der Waals surface area contributed by atoms with Crippen molar-refractivity contribution in [3.05, 3.63) is 0 Å². The molecule has 2 heterocycles. The van der Waals surface area contributed by atoms with Crippen LogP contribution in [0.2, 0.25) is 0 Å². The third-order valence-electron chi connectivity index (χ3n) is 2.75. The Balaban J connectivity index is 1.78. The van der Waals surface area contributed by atoms with E-state index in [0.717, 1.165) is 6.54 Å². The lowest BCUT2D eigenvalue weighted by molar-refractivity contribution is -0.143. The van der Waals surface area contributed by atoms with Gasteiger partial charge in [0.25, 0.3) is 0 Å². The van der Waals surface area contributed by atoms with Gasteiger partial charge < -0.3 is 20.1 Å². The number of ether oxygens (including phenoxy) is 1. The van der Waals surface area contributed by atoms with Crippen LogP contribution in [0.5, 0.6) is 0 Å². The first kappa shape index (κ1) is 9.89. The lowest BCUT2D eigenvalue weighted by atomic mass is 10.00. The molecule has 5 heteroatoms. The fourth-order valence-electron chi connectivity index (χ4n) is 1.81. The maximum absolute atomic E-state index is 11.7. The van der Waals surface area contributed by atoms with Gasteiger partial charge in [0.15, 0.2) is 0 Å². The van der Waals surface area contributed by atoms with Crippen LogP contribution >= 0.6 is 0 Å². The largest absolute Gasteiger partial charge is 0.396 e. The Bertz CT molecular complexity index is 210. The number of rotatable bonds is 2. The van der Waals surface area contributed by atoms with Crippen molar-refractivity contribution in [2.45, 2.75) is 6.04 Å². The van der Waals surface area contributed by atoms with Gasteiger partial charge in [-0.25, -0.2) is 0 Å². The van der Waals surface area contributed by atoms with Gasteiger partial charge in [0.1, 0.15) is 6.04 Å². The molecule has 0 radical (unpaired) electrons. The van der Waals surface area contributed by atoms with Crippen LogP contribution in [-0.2, 0) is 9.53 Å². The summed E-state index contributed by atoms with van der Waals surface area (Å²) in [6, 6.07) is -0.177. The standard InChI is InChI=1S/C9H16N2O3/c12-5-7-3-11(4-7)9(13)8-6-14-2-1-10-8/h7-8,10,12H,1-6H2. The highest BCUT2D eigenvalue weighted by atomic mass is 16.5.